The molecule has 0 unspecified atom stereocenters. The van der Waals surface area contributed by atoms with Crippen molar-refractivity contribution in [1.82, 2.24) is 20.1 Å². The molecule has 10 heteroatoms. The van der Waals surface area contributed by atoms with Crippen molar-refractivity contribution < 1.29 is 9.59 Å². The van der Waals surface area contributed by atoms with Crippen LogP contribution in [0, 0.1) is 19.8 Å². The largest absolute Gasteiger partial charge is 0.342 e. The molecule has 0 aliphatic rings. The predicted molar refractivity (Wildman–Crippen MR) is 142 cm³/mol. The maximum absolute atomic E-state index is 12.9. The Kier molecular flexibility index (Phi) is 9.21. The van der Waals surface area contributed by atoms with Gasteiger partial charge in [-0.1, -0.05) is 60.9 Å². The van der Waals surface area contributed by atoms with Gasteiger partial charge < -0.3 is 15.2 Å². The summed E-state index contributed by atoms with van der Waals surface area (Å²) in [5, 5.41) is 16.0. The minimum absolute atomic E-state index is 0.0432. The van der Waals surface area contributed by atoms with Crippen LogP contribution in [0.2, 0.25) is 10.0 Å². The van der Waals surface area contributed by atoms with Gasteiger partial charge in [0.2, 0.25) is 5.91 Å². The van der Waals surface area contributed by atoms with E-state index in [9.17, 15) is 9.59 Å². The minimum Gasteiger partial charge on any atom is -0.342 e. The SMILES string of the molecule is CCn1c(SCC(=O)Nc2cccc(C)c2C)nnc1[C@H](NC(=O)c1ccc(Cl)c(Cl)c1)C(C)C. The van der Waals surface area contributed by atoms with E-state index in [-0.39, 0.29) is 29.5 Å². The average molecular weight is 535 g/mol. The van der Waals surface area contributed by atoms with Gasteiger partial charge in [0.25, 0.3) is 5.91 Å². The molecule has 0 aliphatic carbocycles. The van der Waals surface area contributed by atoms with Crippen molar-refractivity contribution in [3.63, 3.8) is 0 Å². The molecule has 1 heterocycles. The van der Waals surface area contributed by atoms with Gasteiger partial charge in [0.1, 0.15) is 0 Å². The average Bonchev–Trinajstić information content (AvgIpc) is 3.23. The number of aromatic nitrogens is 3. The van der Waals surface area contributed by atoms with Crippen LogP contribution in [0.3, 0.4) is 0 Å². The standard InChI is InChI=1S/C25H29Cl2N5O2S/c1-6-32-23(22(14(2)3)29-24(34)17-10-11-18(26)19(27)12-17)30-31-25(32)35-13-21(33)28-20-9-7-8-15(4)16(20)5/h7-12,14,22H,6,13H2,1-5H3,(H,28,33)(H,29,34)/t22-/m1/s1. The van der Waals surface area contributed by atoms with Gasteiger partial charge >= 0.3 is 0 Å². The van der Waals surface area contributed by atoms with Gasteiger partial charge in [-0.3, -0.25) is 9.59 Å². The third-order valence-electron chi connectivity index (χ3n) is 5.69. The number of carbonyl (C=O) groups is 2. The first kappa shape index (κ1) is 27.0. The zero-order valence-electron chi connectivity index (χ0n) is 20.4. The van der Waals surface area contributed by atoms with Crippen molar-refractivity contribution >= 4 is 52.5 Å². The first-order valence-corrected chi connectivity index (χ1v) is 13.0. The van der Waals surface area contributed by atoms with Crippen LogP contribution in [0.15, 0.2) is 41.6 Å². The zero-order valence-corrected chi connectivity index (χ0v) is 22.7. The molecule has 1 atom stereocenters. The Morgan fingerprint density at radius 3 is 2.49 bits per heavy atom. The number of anilines is 1. The molecule has 0 bridgehead atoms. The Bertz CT molecular complexity index is 1230. The summed E-state index contributed by atoms with van der Waals surface area (Å²) in [5.41, 5.74) is 3.37. The third-order valence-corrected chi connectivity index (χ3v) is 7.39. The summed E-state index contributed by atoms with van der Waals surface area (Å²) < 4.78 is 1.93. The summed E-state index contributed by atoms with van der Waals surface area (Å²) in [7, 11) is 0. The lowest BCUT2D eigenvalue weighted by atomic mass is 10.0. The first-order valence-electron chi connectivity index (χ1n) is 11.3. The van der Waals surface area contributed by atoms with Gasteiger partial charge in [-0.25, -0.2) is 0 Å². The number of thioether (sulfide) groups is 1. The van der Waals surface area contributed by atoms with Crippen molar-refractivity contribution in [3.05, 3.63) is 69.0 Å². The van der Waals surface area contributed by atoms with Crippen LogP contribution in [0.4, 0.5) is 5.69 Å². The highest BCUT2D eigenvalue weighted by Crippen LogP contribution is 2.27. The molecule has 2 N–H and O–H groups in total. The predicted octanol–water partition coefficient (Wildman–Crippen LogP) is 6.08. The maximum atomic E-state index is 12.9. The third kappa shape index (κ3) is 6.57. The van der Waals surface area contributed by atoms with E-state index >= 15 is 0 Å². The number of hydrogen-bond acceptors (Lipinski definition) is 5. The molecule has 0 saturated carbocycles. The van der Waals surface area contributed by atoms with Gasteiger partial charge in [-0.05, 0) is 62.1 Å². The number of hydrogen-bond donors (Lipinski definition) is 2. The molecule has 0 aliphatic heterocycles. The highest BCUT2D eigenvalue weighted by atomic mass is 35.5. The van der Waals surface area contributed by atoms with Gasteiger partial charge in [-0.15, -0.1) is 10.2 Å². The second-order valence-electron chi connectivity index (χ2n) is 8.49. The Morgan fingerprint density at radius 2 is 1.83 bits per heavy atom. The fraction of sp³-hybridized carbons (Fsp3) is 0.360. The lowest BCUT2D eigenvalue weighted by molar-refractivity contribution is -0.113. The number of rotatable bonds is 9. The van der Waals surface area contributed by atoms with Crippen LogP contribution in [-0.4, -0.2) is 32.3 Å². The number of nitrogens with zero attached hydrogens (tertiary/aromatic N) is 3. The summed E-state index contributed by atoms with van der Waals surface area (Å²) in [5.74, 6) is 0.460. The number of carbonyl (C=O) groups excluding carboxylic acids is 2. The summed E-state index contributed by atoms with van der Waals surface area (Å²) in [6, 6.07) is 10.2. The number of halogens is 2. The first-order chi connectivity index (χ1) is 16.6. The second-order valence-corrected chi connectivity index (χ2v) is 10.3. The quantitative estimate of drug-likeness (QED) is 0.325. The molecule has 186 valence electrons. The minimum atomic E-state index is -0.387. The van der Waals surface area contributed by atoms with E-state index < -0.39 is 0 Å². The molecule has 1 aromatic heterocycles. The van der Waals surface area contributed by atoms with E-state index in [1.807, 2.05) is 57.4 Å². The monoisotopic (exact) mass is 533 g/mol. The van der Waals surface area contributed by atoms with Crippen LogP contribution in [0.5, 0.6) is 0 Å². The van der Waals surface area contributed by atoms with Gasteiger partial charge in [-0.2, -0.15) is 0 Å². The van der Waals surface area contributed by atoms with E-state index in [1.165, 1.54) is 17.8 Å². The molecule has 2 amide bonds. The fourth-order valence-corrected chi connectivity index (χ4v) is 4.64. The number of benzene rings is 2. The Hall–Kier alpha value is -2.55. The van der Waals surface area contributed by atoms with Crippen molar-refractivity contribution in [2.45, 2.75) is 52.4 Å². The topological polar surface area (TPSA) is 88.9 Å². The molecular weight excluding hydrogens is 505 g/mol. The smallest absolute Gasteiger partial charge is 0.251 e. The summed E-state index contributed by atoms with van der Waals surface area (Å²) >= 11 is 13.4. The molecule has 2 aromatic carbocycles. The van der Waals surface area contributed by atoms with Crippen LogP contribution < -0.4 is 10.6 Å². The van der Waals surface area contributed by atoms with Crippen molar-refractivity contribution in [2.75, 3.05) is 11.1 Å². The molecule has 0 saturated heterocycles. The summed E-state index contributed by atoms with van der Waals surface area (Å²) in [4.78, 5) is 25.5. The lowest BCUT2D eigenvalue weighted by Crippen LogP contribution is -2.33. The molecule has 0 spiro atoms. The molecule has 3 aromatic rings. The van der Waals surface area contributed by atoms with Crippen molar-refractivity contribution in [1.29, 1.82) is 0 Å². The fourth-order valence-electron chi connectivity index (χ4n) is 3.53. The molecule has 0 fully saturated rings. The van der Waals surface area contributed by atoms with E-state index in [4.69, 9.17) is 23.2 Å². The van der Waals surface area contributed by atoms with E-state index in [0.29, 0.717) is 33.1 Å². The number of nitrogens with one attached hydrogen (secondary N) is 2. The normalized spacial score (nSPS) is 12.0. The second kappa shape index (κ2) is 11.9. The van der Waals surface area contributed by atoms with Gasteiger partial charge in [0, 0.05) is 17.8 Å². The summed E-state index contributed by atoms with van der Waals surface area (Å²) in [6.07, 6.45) is 0. The van der Waals surface area contributed by atoms with Crippen molar-refractivity contribution in [3.8, 4) is 0 Å². The molecule has 3 rings (SSSR count). The number of aryl methyl sites for hydroxylation is 1. The van der Waals surface area contributed by atoms with E-state index in [2.05, 4.69) is 20.8 Å². The van der Waals surface area contributed by atoms with Crippen LogP contribution in [0.25, 0.3) is 0 Å². The summed E-state index contributed by atoms with van der Waals surface area (Å²) in [6.45, 7) is 10.6. The Morgan fingerprint density at radius 1 is 1.09 bits per heavy atom. The van der Waals surface area contributed by atoms with Gasteiger partial charge in [0.15, 0.2) is 11.0 Å². The Labute approximate surface area is 220 Å². The Balaban J connectivity index is 1.73. The highest BCUT2D eigenvalue weighted by molar-refractivity contribution is 7.99. The van der Waals surface area contributed by atoms with Crippen LogP contribution >= 0.6 is 35.0 Å². The highest BCUT2D eigenvalue weighted by Gasteiger charge is 2.26. The maximum Gasteiger partial charge on any atom is 0.251 e. The zero-order chi connectivity index (χ0) is 25.7. The van der Waals surface area contributed by atoms with Gasteiger partial charge in [0.05, 0.1) is 21.8 Å². The van der Waals surface area contributed by atoms with E-state index in [0.717, 1.165) is 16.8 Å². The van der Waals surface area contributed by atoms with Crippen LogP contribution in [-0.2, 0) is 11.3 Å². The lowest BCUT2D eigenvalue weighted by Gasteiger charge is -2.22. The number of amides is 2. The van der Waals surface area contributed by atoms with Crippen molar-refractivity contribution in [2.24, 2.45) is 5.92 Å². The van der Waals surface area contributed by atoms with Crippen LogP contribution in [0.1, 0.15) is 54.1 Å². The molecule has 35 heavy (non-hydrogen) atoms. The molecule has 0 radical (unpaired) electrons. The molecule has 7 nitrogen and oxygen atoms in total. The van der Waals surface area contributed by atoms with E-state index in [1.54, 1.807) is 12.1 Å². The molecular formula is C25H29Cl2N5O2S.